The van der Waals surface area contributed by atoms with Crippen molar-refractivity contribution >= 4 is 10.0 Å². The van der Waals surface area contributed by atoms with Crippen molar-refractivity contribution in [2.75, 3.05) is 13.1 Å². The van der Waals surface area contributed by atoms with Crippen molar-refractivity contribution in [3.8, 4) is 5.75 Å². The predicted octanol–water partition coefficient (Wildman–Crippen LogP) is 2.71. The molecule has 1 aliphatic rings. The lowest BCUT2D eigenvalue weighted by Crippen LogP contribution is -2.44. The summed E-state index contributed by atoms with van der Waals surface area (Å²) in [5.74, 6) is 0.712. The number of hydrogen-bond acceptors (Lipinski definition) is 5. The van der Waals surface area contributed by atoms with Crippen LogP contribution in [0.25, 0.3) is 0 Å². The molecule has 1 aliphatic heterocycles. The van der Waals surface area contributed by atoms with Gasteiger partial charge in [-0.1, -0.05) is 0 Å². The summed E-state index contributed by atoms with van der Waals surface area (Å²) in [4.78, 5) is 4.30. The summed E-state index contributed by atoms with van der Waals surface area (Å²) in [7, 11) is -3.60. The number of sulfonamides is 1. The fourth-order valence-corrected chi connectivity index (χ4v) is 5.35. The van der Waals surface area contributed by atoms with Gasteiger partial charge in [0.25, 0.3) is 0 Å². The van der Waals surface area contributed by atoms with Crippen molar-refractivity contribution in [1.82, 2.24) is 19.1 Å². The third kappa shape index (κ3) is 3.61. The van der Waals surface area contributed by atoms with E-state index in [1.165, 1.54) is 4.31 Å². The van der Waals surface area contributed by atoms with E-state index in [4.69, 9.17) is 4.74 Å². The summed E-state index contributed by atoms with van der Waals surface area (Å²) in [6, 6.07) is 3.69. The van der Waals surface area contributed by atoms with Crippen LogP contribution in [-0.4, -0.2) is 46.7 Å². The molecule has 3 heterocycles. The van der Waals surface area contributed by atoms with Gasteiger partial charge in [0.15, 0.2) is 0 Å². The summed E-state index contributed by atoms with van der Waals surface area (Å²) in [6.45, 7) is 8.42. The number of aryl methyl sites for hydroxylation is 1. The lowest BCUT2D eigenvalue weighted by Gasteiger charge is -2.32. The molecule has 8 heteroatoms. The van der Waals surface area contributed by atoms with Crippen molar-refractivity contribution in [2.45, 2.75) is 57.6 Å². The van der Waals surface area contributed by atoms with Gasteiger partial charge in [-0.2, -0.15) is 9.40 Å². The number of piperidine rings is 1. The number of pyridine rings is 1. The van der Waals surface area contributed by atoms with Gasteiger partial charge in [-0.25, -0.2) is 8.42 Å². The third-order valence-corrected chi connectivity index (χ3v) is 6.76. The fraction of sp³-hybridized carbons (Fsp3) is 0.556. The normalized spacial score (nSPS) is 19.0. The van der Waals surface area contributed by atoms with Gasteiger partial charge >= 0.3 is 0 Å². The molecule has 0 bridgehead atoms. The Morgan fingerprint density at radius 1 is 1.23 bits per heavy atom. The highest BCUT2D eigenvalue weighted by molar-refractivity contribution is 7.89. The van der Waals surface area contributed by atoms with Gasteiger partial charge in [0.1, 0.15) is 16.7 Å². The van der Waals surface area contributed by atoms with E-state index in [1.54, 1.807) is 36.1 Å². The number of ether oxygens (including phenoxy) is 1. The largest absolute Gasteiger partial charge is 0.489 e. The van der Waals surface area contributed by atoms with Crippen molar-refractivity contribution in [3.05, 3.63) is 35.9 Å². The second kappa shape index (κ2) is 7.36. The smallest absolute Gasteiger partial charge is 0.246 e. The molecule has 1 atom stereocenters. The second-order valence-electron chi connectivity index (χ2n) is 6.97. The van der Waals surface area contributed by atoms with Crippen molar-refractivity contribution < 1.29 is 13.2 Å². The van der Waals surface area contributed by atoms with Crippen molar-refractivity contribution in [3.63, 3.8) is 0 Å². The van der Waals surface area contributed by atoms with Crippen LogP contribution < -0.4 is 4.74 Å². The summed E-state index contributed by atoms with van der Waals surface area (Å²) in [6.07, 6.45) is 4.77. The van der Waals surface area contributed by atoms with Crippen molar-refractivity contribution in [2.24, 2.45) is 0 Å². The Kier molecular flexibility index (Phi) is 5.34. The highest BCUT2D eigenvalue weighted by Crippen LogP contribution is 2.28. The monoisotopic (exact) mass is 378 g/mol. The zero-order chi connectivity index (χ0) is 18.9. The van der Waals surface area contributed by atoms with E-state index >= 15 is 0 Å². The van der Waals surface area contributed by atoms with Crippen LogP contribution in [0.5, 0.6) is 5.75 Å². The van der Waals surface area contributed by atoms with Crippen LogP contribution in [0.2, 0.25) is 0 Å². The van der Waals surface area contributed by atoms with Gasteiger partial charge in [0.2, 0.25) is 10.0 Å². The van der Waals surface area contributed by atoms with E-state index in [2.05, 4.69) is 10.1 Å². The molecular weight excluding hydrogens is 352 g/mol. The van der Waals surface area contributed by atoms with E-state index in [0.29, 0.717) is 35.1 Å². The van der Waals surface area contributed by atoms with E-state index in [0.717, 1.165) is 12.8 Å². The molecule has 0 unspecified atom stereocenters. The van der Waals surface area contributed by atoms with Gasteiger partial charge in [0, 0.05) is 25.0 Å². The lowest BCUT2D eigenvalue weighted by molar-refractivity contribution is 0.129. The van der Waals surface area contributed by atoms with Gasteiger partial charge in [-0.15, -0.1) is 0 Å². The molecule has 142 valence electrons. The molecule has 2 aromatic rings. The van der Waals surface area contributed by atoms with E-state index < -0.39 is 10.0 Å². The Labute approximate surface area is 155 Å². The van der Waals surface area contributed by atoms with E-state index in [1.807, 2.05) is 20.8 Å². The first kappa shape index (κ1) is 18.8. The molecule has 7 nitrogen and oxygen atoms in total. The summed E-state index contributed by atoms with van der Waals surface area (Å²) >= 11 is 0. The summed E-state index contributed by atoms with van der Waals surface area (Å²) < 4.78 is 35.8. The van der Waals surface area contributed by atoms with Crippen LogP contribution in [0.3, 0.4) is 0 Å². The topological polar surface area (TPSA) is 77.3 Å². The average molecular weight is 378 g/mol. The van der Waals surface area contributed by atoms with Gasteiger partial charge < -0.3 is 4.74 Å². The molecule has 1 fully saturated rings. The van der Waals surface area contributed by atoms with Gasteiger partial charge in [0.05, 0.1) is 17.9 Å². The minimum atomic E-state index is -3.60. The van der Waals surface area contributed by atoms with Crippen LogP contribution >= 0.6 is 0 Å². The van der Waals surface area contributed by atoms with Crippen LogP contribution in [0.4, 0.5) is 0 Å². The zero-order valence-corrected chi connectivity index (χ0v) is 16.5. The molecule has 0 radical (unpaired) electrons. The molecule has 2 aromatic heterocycles. The number of aromatic nitrogens is 3. The second-order valence-corrected chi connectivity index (χ2v) is 8.84. The lowest BCUT2D eigenvalue weighted by atomic mass is 10.1. The zero-order valence-electron chi connectivity index (χ0n) is 15.7. The molecule has 0 saturated carbocycles. The summed E-state index contributed by atoms with van der Waals surface area (Å²) in [5, 5.41) is 4.43. The molecule has 0 N–H and O–H groups in total. The maximum atomic E-state index is 13.3. The molecular formula is C18H26N4O3S. The minimum absolute atomic E-state index is 0.113. The van der Waals surface area contributed by atoms with Crippen molar-refractivity contribution in [1.29, 1.82) is 0 Å². The molecule has 0 amide bonds. The maximum Gasteiger partial charge on any atom is 0.246 e. The highest BCUT2D eigenvalue weighted by Gasteiger charge is 2.35. The van der Waals surface area contributed by atoms with Crippen LogP contribution in [0, 0.1) is 13.8 Å². The first-order valence-corrected chi connectivity index (χ1v) is 10.4. The van der Waals surface area contributed by atoms with Crippen LogP contribution in [0.15, 0.2) is 29.4 Å². The Morgan fingerprint density at radius 2 is 1.92 bits per heavy atom. The minimum Gasteiger partial charge on any atom is -0.489 e. The third-order valence-electron chi connectivity index (χ3n) is 4.64. The fourth-order valence-electron chi connectivity index (χ4n) is 3.48. The SMILES string of the molecule is Cc1nn(C(C)C)c(C)c1S(=O)(=O)N1CCC[C@H](Oc2ccncc2)C1. The molecule has 1 saturated heterocycles. The van der Waals surface area contributed by atoms with Crippen LogP contribution in [0.1, 0.15) is 44.1 Å². The molecule has 3 rings (SSSR count). The Bertz CT molecular complexity index is 862. The Balaban J connectivity index is 1.83. The van der Waals surface area contributed by atoms with Gasteiger partial charge in [-0.05, 0) is 52.7 Å². The number of nitrogens with zero attached hydrogens (tertiary/aromatic N) is 4. The molecule has 0 aliphatic carbocycles. The first-order valence-electron chi connectivity index (χ1n) is 8.93. The Morgan fingerprint density at radius 3 is 2.54 bits per heavy atom. The van der Waals surface area contributed by atoms with Crippen LogP contribution in [-0.2, 0) is 10.0 Å². The molecule has 26 heavy (non-hydrogen) atoms. The number of hydrogen-bond donors (Lipinski definition) is 0. The standard InChI is InChI=1S/C18H26N4O3S/c1-13(2)22-15(4)18(14(3)20-22)26(23,24)21-11-5-6-17(12-21)25-16-7-9-19-10-8-16/h7-10,13,17H,5-6,11-12H2,1-4H3/t17-/m0/s1. The summed E-state index contributed by atoms with van der Waals surface area (Å²) in [5.41, 5.74) is 1.24. The maximum absolute atomic E-state index is 13.3. The van der Waals surface area contributed by atoms with E-state index in [-0.39, 0.29) is 12.1 Å². The molecule has 0 spiro atoms. The molecule has 0 aromatic carbocycles. The first-order chi connectivity index (χ1) is 12.3. The van der Waals surface area contributed by atoms with Gasteiger partial charge in [-0.3, -0.25) is 9.67 Å². The highest BCUT2D eigenvalue weighted by atomic mass is 32.2. The quantitative estimate of drug-likeness (QED) is 0.799. The predicted molar refractivity (Wildman–Crippen MR) is 98.7 cm³/mol. The van der Waals surface area contributed by atoms with E-state index in [9.17, 15) is 8.42 Å². The number of rotatable bonds is 5. The Hall–Kier alpha value is -1.93. The average Bonchev–Trinajstić information content (AvgIpc) is 2.91.